The average molecular weight is 227 g/mol. The fraction of sp³-hybridized carbons (Fsp3) is 0.400. The molecular formula is C10H11BrO. The van der Waals surface area contributed by atoms with Crippen molar-refractivity contribution in [3.8, 4) is 0 Å². The summed E-state index contributed by atoms with van der Waals surface area (Å²) in [4.78, 5) is 0. The Morgan fingerprint density at radius 3 is 2.83 bits per heavy atom. The molecule has 0 N–H and O–H groups in total. The molecule has 64 valence electrons. The van der Waals surface area contributed by atoms with Crippen LogP contribution in [0, 0.1) is 0 Å². The second kappa shape index (κ2) is 3.19. The molecule has 0 heterocycles. The van der Waals surface area contributed by atoms with Gasteiger partial charge in [-0.2, -0.15) is 0 Å². The van der Waals surface area contributed by atoms with Gasteiger partial charge in [0, 0.05) is 11.6 Å². The van der Waals surface area contributed by atoms with Crippen LogP contribution in [0.3, 0.4) is 0 Å². The third kappa shape index (κ3) is 1.41. The van der Waals surface area contributed by atoms with Gasteiger partial charge < -0.3 is 4.74 Å². The Kier molecular flexibility index (Phi) is 2.20. The van der Waals surface area contributed by atoms with Gasteiger partial charge in [0.15, 0.2) is 0 Å². The van der Waals surface area contributed by atoms with E-state index in [1.807, 2.05) is 0 Å². The van der Waals surface area contributed by atoms with Crippen LogP contribution in [0.4, 0.5) is 0 Å². The van der Waals surface area contributed by atoms with Crippen LogP contribution in [0.1, 0.15) is 11.1 Å². The topological polar surface area (TPSA) is 9.23 Å². The highest BCUT2D eigenvalue weighted by Crippen LogP contribution is 2.26. The van der Waals surface area contributed by atoms with E-state index < -0.39 is 0 Å². The molecule has 0 saturated heterocycles. The Morgan fingerprint density at radius 1 is 1.33 bits per heavy atom. The number of methoxy groups -OCH3 is 1. The summed E-state index contributed by atoms with van der Waals surface area (Å²) < 4.78 is 6.48. The van der Waals surface area contributed by atoms with Crippen LogP contribution in [-0.4, -0.2) is 13.2 Å². The zero-order chi connectivity index (χ0) is 8.55. The summed E-state index contributed by atoms with van der Waals surface area (Å²) in [5, 5.41) is 0. The monoisotopic (exact) mass is 226 g/mol. The highest BCUT2D eigenvalue weighted by molar-refractivity contribution is 9.10. The van der Waals surface area contributed by atoms with Gasteiger partial charge in [-0.15, -0.1) is 0 Å². The lowest BCUT2D eigenvalue weighted by molar-refractivity contribution is 0.112. The summed E-state index contributed by atoms with van der Waals surface area (Å²) in [6.07, 6.45) is 2.53. The molecule has 0 radical (unpaired) electrons. The van der Waals surface area contributed by atoms with Gasteiger partial charge in [-0.3, -0.25) is 0 Å². The molecule has 2 heteroatoms. The Bertz CT molecular complexity index is 296. The molecule has 1 aliphatic rings. The first kappa shape index (κ1) is 8.27. The number of hydrogen-bond donors (Lipinski definition) is 0. The number of hydrogen-bond acceptors (Lipinski definition) is 1. The van der Waals surface area contributed by atoms with E-state index in [2.05, 4.69) is 34.1 Å². The van der Waals surface area contributed by atoms with Crippen LogP contribution in [0.5, 0.6) is 0 Å². The lowest BCUT2D eigenvalue weighted by atomic mass is 10.1. The Balaban J connectivity index is 2.30. The van der Waals surface area contributed by atoms with Crippen molar-refractivity contribution < 1.29 is 4.74 Å². The zero-order valence-corrected chi connectivity index (χ0v) is 8.60. The molecule has 0 fully saturated rings. The Labute approximate surface area is 80.9 Å². The van der Waals surface area contributed by atoms with Gasteiger partial charge in [0.2, 0.25) is 0 Å². The van der Waals surface area contributed by atoms with Crippen LogP contribution in [0.2, 0.25) is 0 Å². The summed E-state index contributed by atoms with van der Waals surface area (Å²) in [5.41, 5.74) is 2.86. The molecule has 0 aromatic heterocycles. The molecule has 2 rings (SSSR count). The fourth-order valence-electron chi connectivity index (χ4n) is 1.71. The maximum Gasteiger partial charge on any atom is 0.0652 e. The van der Waals surface area contributed by atoms with E-state index in [0.29, 0.717) is 6.10 Å². The van der Waals surface area contributed by atoms with E-state index in [0.717, 1.165) is 17.3 Å². The van der Waals surface area contributed by atoms with Crippen molar-refractivity contribution in [2.45, 2.75) is 18.9 Å². The first-order valence-electron chi connectivity index (χ1n) is 4.09. The number of rotatable bonds is 1. The van der Waals surface area contributed by atoms with E-state index in [-0.39, 0.29) is 0 Å². The predicted octanol–water partition coefficient (Wildman–Crippen LogP) is 2.56. The third-order valence-corrected chi connectivity index (χ3v) is 2.89. The third-order valence-electron chi connectivity index (χ3n) is 2.40. The van der Waals surface area contributed by atoms with Crippen molar-refractivity contribution in [3.05, 3.63) is 33.8 Å². The summed E-state index contributed by atoms with van der Waals surface area (Å²) >= 11 is 3.47. The van der Waals surface area contributed by atoms with Gasteiger partial charge in [-0.1, -0.05) is 22.0 Å². The van der Waals surface area contributed by atoms with E-state index in [4.69, 9.17) is 4.74 Å². The molecular weight excluding hydrogens is 216 g/mol. The van der Waals surface area contributed by atoms with E-state index in [1.54, 1.807) is 7.11 Å². The maximum atomic E-state index is 5.32. The number of ether oxygens (including phenoxy) is 1. The van der Waals surface area contributed by atoms with Crippen molar-refractivity contribution in [2.24, 2.45) is 0 Å². The first-order valence-corrected chi connectivity index (χ1v) is 4.89. The molecule has 0 saturated carbocycles. The molecule has 1 atom stereocenters. The van der Waals surface area contributed by atoms with Crippen LogP contribution in [0.15, 0.2) is 22.7 Å². The molecule has 1 nitrogen and oxygen atoms in total. The molecule has 0 spiro atoms. The van der Waals surface area contributed by atoms with Gasteiger partial charge in [0.25, 0.3) is 0 Å². The minimum Gasteiger partial charge on any atom is -0.381 e. The lowest BCUT2D eigenvalue weighted by Crippen LogP contribution is -2.08. The molecule has 0 amide bonds. The van der Waals surface area contributed by atoms with Crippen molar-refractivity contribution in [2.75, 3.05) is 7.11 Å². The SMILES string of the molecule is CO[C@H]1Cc2ccc(Br)cc2C1. The highest BCUT2D eigenvalue weighted by atomic mass is 79.9. The van der Waals surface area contributed by atoms with Crippen molar-refractivity contribution in [1.82, 2.24) is 0 Å². The van der Waals surface area contributed by atoms with Crippen molar-refractivity contribution >= 4 is 15.9 Å². The predicted molar refractivity (Wildman–Crippen MR) is 52.3 cm³/mol. The van der Waals surface area contributed by atoms with Gasteiger partial charge in [-0.25, -0.2) is 0 Å². The highest BCUT2D eigenvalue weighted by Gasteiger charge is 2.20. The summed E-state index contributed by atoms with van der Waals surface area (Å²) in [6.45, 7) is 0. The first-order chi connectivity index (χ1) is 5.79. The fourth-order valence-corrected chi connectivity index (χ4v) is 2.12. The standard InChI is InChI=1S/C10H11BrO/c1-12-10-5-7-2-3-9(11)4-8(7)6-10/h2-4,10H,5-6H2,1H3/t10-/m0/s1. The second-order valence-electron chi connectivity index (χ2n) is 3.18. The molecule has 1 aromatic carbocycles. The molecule has 12 heavy (non-hydrogen) atoms. The molecule has 0 bridgehead atoms. The molecule has 1 aliphatic carbocycles. The number of halogens is 1. The smallest absolute Gasteiger partial charge is 0.0652 e. The minimum atomic E-state index is 0.397. The van der Waals surface area contributed by atoms with Gasteiger partial charge in [0.1, 0.15) is 0 Å². The largest absolute Gasteiger partial charge is 0.381 e. The molecule has 0 unspecified atom stereocenters. The second-order valence-corrected chi connectivity index (χ2v) is 4.09. The quantitative estimate of drug-likeness (QED) is 0.716. The average Bonchev–Trinajstić information content (AvgIpc) is 2.46. The van der Waals surface area contributed by atoms with Crippen LogP contribution in [-0.2, 0) is 17.6 Å². The van der Waals surface area contributed by atoms with Crippen molar-refractivity contribution in [3.63, 3.8) is 0 Å². The number of benzene rings is 1. The Hall–Kier alpha value is -0.340. The van der Waals surface area contributed by atoms with E-state index in [1.165, 1.54) is 11.1 Å². The molecule has 0 aliphatic heterocycles. The van der Waals surface area contributed by atoms with Gasteiger partial charge in [0.05, 0.1) is 6.10 Å². The van der Waals surface area contributed by atoms with E-state index >= 15 is 0 Å². The van der Waals surface area contributed by atoms with E-state index in [9.17, 15) is 0 Å². The summed E-state index contributed by atoms with van der Waals surface area (Å²) in [6, 6.07) is 6.46. The zero-order valence-electron chi connectivity index (χ0n) is 7.01. The van der Waals surface area contributed by atoms with Gasteiger partial charge in [-0.05, 0) is 36.1 Å². The minimum absolute atomic E-state index is 0.397. The summed E-state index contributed by atoms with van der Waals surface area (Å²) in [7, 11) is 1.78. The lowest BCUT2D eigenvalue weighted by Gasteiger charge is -2.03. The van der Waals surface area contributed by atoms with Crippen molar-refractivity contribution in [1.29, 1.82) is 0 Å². The Morgan fingerprint density at radius 2 is 2.08 bits per heavy atom. The van der Waals surface area contributed by atoms with Crippen LogP contribution < -0.4 is 0 Å². The maximum absolute atomic E-state index is 5.32. The van der Waals surface area contributed by atoms with Crippen LogP contribution >= 0.6 is 15.9 Å². The number of fused-ring (bicyclic) bond motifs is 1. The van der Waals surface area contributed by atoms with Crippen LogP contribution in [0.25, 0.3) is 0 Å². The molecule has 1 aromatic rings. The van der Waals surface area contributed by atoms with Gasteiger partial charge >= 0.3 is 0 Å². The summed E-state index contributed by atoms with van der Waals surface area (Å²) in [5.74, 6) is 0. The normalized spacial score (nSPS) is 21.0.